The van der Waals surface area contributed by atoms with Gasteiger partial charge in [0.15, 0.2) is 4.34 Å². The Morgan fingerprint density at radius 2 is 1.86 bits per heavy atom. The number of benzene rings is 1. The molecule has 28 heavy (non-hydrogen) atoms. The van der Waals surface area contributed by atoms with E-state index in [1.807, 2.05) is 12.1 Å². The smallest absolute Gasteiger partial charge is 0.269 e. The van der Waals surface area contributed by atoms with Crippen LogP contribution in [0.2, 0.25) is 0 Å². The number of aromatic nitrogens is 2. The number of carbonyl (C=O) groups is 2. The highest BCUT2D eigenvalue weighted by Crippen LogP contribution is 2.30. The van der Waals surface area contributed by atoms with Gasteiger partial charge in [0.25, 0.3) is 5.91 Å². The molecule has 1 heterocycles. The van der Waals surface area contributed by atoms with Crippen molar-refractivity contribution >= 4 is 45.7 Å². The Morgan fingerprint density at radius 1 is 1.14 bits per heavy atom. The average molecular weight is 421 g/mol. The molecule has 2 amide bonds. The average Bonchev–Trinajstić information content (AvgIpc) is 3.42. The van der Waals surface area contributed by atoms with E-state index in [0.717, 1.165) is 28.2 Å². The van der Waals surface area contributed by atoms with Gasteiger partial charge in [0.1, 0.15) is 0 Å². The van der Waals surface area contributed by atoms with Crippen molar-refractivity contribution in [1.82, 2.24) is 21.0 Å². The number of nitrogens with zero attached hydrogens (tertiary/aromatic N) is 3. The zero-order chi connectivity index (χ0) is 19.9. The first-order chi connectivity index (χ1) is 13.6. The van der Waals surface area contributed by atoms with Gasteiger partial charge in [-0.05, 0) is 51.0 Å². The highest BCUT2D eigenvalue weighted by atomic mass is 32.2. The lowest BCUT2D eigenvalue weighted by atomic mass is 10.2. The van der Waals surface area contributed by atoms with E-state index < -0.39 is 0 Å². The van der Waals surface area contributed by atoms with Crippen molar-refractivity contribution in [2.75, 3.05) is 29.1 Å². The largest absolute Gasteiger partial charge is 0.372 e. The number of rotatable bonds is 9. The van der Waals surface area contributed by atoms with Gasteiger partial charge < -0.3 is 10.2 Å². The zero-order valence-corrected chi connectivity index (χ0v) is 17.5. The Morgan fingerprint density at radius 3 is 2.50 bits per heavy atom. The van der Waals surface area contributed by atoms with Crippen LogP contribution in [0.3, 0.4) is 0 Å². The first-order valence-electron chi connectivity index (χ1n) is 9.26. The molecule has 1 aromatic carbocycles. The van der Waals surface area contributed by atoms with Crippen molar-refractivity contribution in [3.8, 4) is 0 Å². The SMILES string of the molecule is CCN(CC)c1ccc(C(=O)NNC(=O)CSc2nnc(NC3CC3)s2)cc1. The second kappa shape index (κ2) is 9.74. The van der Waals surface area contributed by atoms with Crippen LogP contribution in [0.1, 0.15) is 37.0 Å². The molecule has 2 aromatic rings. The van der Waals surface area contributed by atoms with Gasteiger partial charge in [-0.1, -0.05) is 23.1 Å². The molecule has 3 N–H and O–H groups in total. The molecule has 1 fully saturated rings. The summed E-state index contributed by atoms with van der Waals surface area (Å²) >= 11 is 2.72. The number of anilines is 2. The maximum atomic E-state index is 12.2. The van der Waals surface area contributed by atoms with Crippen LogP contribution < -0.4 is 21.1 Å². The van der Waals surface area contributed by atoms with Crippen molar-refractivity contribution in [2.24, 2.45) is 0 Å². The second-order valence-corrected chi connectivity index (χ2v) is 8.50. The summed E-state index contributed by atoms with van der Waals surface area (Å²) in [6.45, 7) is 5.98. The Kier molecular flexibility index (Phi) is 7.10. The van der Waals surface area contributed by atoms with E-state index in [9.17, 15) is 9.59 Å². The Bertz CT molecular complexity index is 803. The monoisotopic (exact) mass is 420 g/mol. The van der Waals surface area contributed by atoms with Crippen molar-refractivity contribution in [1.29, 1.82) is 0 Å². The van der Waals surface area contributed by atoms with Gasteiger partial charge in [-0.25, -0.2) is 0 Å². The van der Waals surface area contributed by atoms with Crippen LogP contribution in [-0.2, 0) is 4.79 Å². The number of carbonyl (C=O) groups excluding carboxylic acids is 2. The van der Waals surface area contributed by atoms with E-state index in [0.29, 0.717) is 11.6 Å². The molecule has 1 aromatic heterocycles. The highest BCUT2D eigenvalue weighted by molar-refractivity contribution is 8.01. The summed E-state index contributed by atoms with van der Waals surface area (Å²) in [5.41, 5.74) is 6.43. The van der Waals surface area contributed by atoms with Gasteiger partial charge in [-0.15, -0.1) is 10.2 Å². The maximum absolute atomic E-state index is 12.2. The van der Waals surface area contributed by atoms with Crippen LogP contribution in [0.5, 0.6) is 0 Å². The fourth-order valence-electron chi connectivity index (χ4n) is 2.50. The topological polar surface area (TPSA) is 99.3 Å². The predicted molar refractivity (Wildman–Crippen MR) is 113 cm³/mol. The molecule has 0 unspecified atom stereocenters. The van der Waals surface area contributed by atoms with Crippen LogP contribution in [0.4, 0.5) is 10.8 Å². The first-order valence-corrected chi connectivity index (χ1v) is 11.1. The van der Waals surface area contributed by atoms with Gasteiger partial charge >= 0.3 is 0 Å². The molecule has 8 nitrogen and oxygen atoms in total. The molecule has 0 aliphatic heterocycles. The standard InChI is InChI=1S/C18H24N6O2S2/c1-3-24(4-2)14-9-5-12(6-10-14)16(26)21-20-15(25)11-27-18-23-22-17(28-18)19-13-7-8-13/h5-6,9-10,13H,3-4,7-8,11H2,1-2H3,(H,19,22)(H,20,25)(H,21,26). The molecule has 0 atom stereocenters. The molecular formula is C18H24N6O2S2. The molecule has 1 aliphatic carbocycles. The van der Waals surface area contributed by atoms with Gasteiger partial charge in [0.05, 0.1) is 5.75 Å². The predicted octanol–water partition coefficient (Wildman–Crippen LogP) is 2.51. The van der Waals surface area contributed by atoms with Gasteiger partial charge in [0.2, 0.25) is 11.0 Å². The fourth-order valence-corrected chi connectivity index (χ4v) is 4.13. The minimum atomic E-state index is -0.351. The molecule has 0 spiro atoms. The number of hydrazine groups is 1. The van der Waals surface area contributed by atoms with E-state index in [1.165, 1.54) is 35.9 Å². The number of hydrogen-bond acceptors (Lipinski definition) is 8. The van der Waals surface area contributed by atoms with Gasteiger partial charge in [-0.2, -0.15) is 0 Å². The normalized spacial score (nSPS) is 13.1. The molecule has 3 rings (SSSR count). The van der Waals surface area contributed by atoms with Crippen LogP contribution in [0, 0.1) is 0 Å². The molecule has 0 saturated heterocycles. The van der Waals surface area contributed by atoms with Crippen LogP contribution in [-0.4, -0.2) is 46.9 Å². The third-order valence-corrected chi connectivity index (χ3v) is 6.20. The number of nitrogens with one attached hydrogen (secondary N) is 3. The zero-order valence-electron chi connectivity index (χ0n) is 15.9. The molecule has 0 bridgehead atoms. The highest BCUT2D eigenvalue weighted by Gasteiger charge is 2.22. The third-order valence-electron chi connectivity index (χ3n) is 4.21. The van der Waals surface area contributed by atoms with Gasteiger partial charge in [0, 0.05) is 30.4 Å². The lowest BCUT2D eigenvalue weighted by molar-refractivity contribution is -0.119. The van der Waals surface area contributed by atoms with Crippen molar-refractivity contribution in [3.05, 3.63) is 29.8 Å². The van der Waals surface area contributed by atoms with E-state index in [1.54, 1.807) is 12.1 Å². The van der Waals surface area contributed by atoms with Crippen LogP contribution >= 0.6 is 23.1 Å². The summed E-state index contributed by atoms with van der Waals surface area (Å²) < 4.78 is 0.719. The molecule has 1 saturated carbocycles. The minimum absolute atomic E-state index is 0.152. The van der Waals surface area contributed by atoms with Crippen LogP contribution in [0.25, 0.3) is 0 Å². The summed E-state index contributed by atoms with van der Waals surface area (Å²) in [5.74, 6) is -0.500. The molecule has 0 radical (unpaired) electrons. The van der Waals surface area contributed by atoms with E-state index in [4.69, 9.17) is 0 Å². The fraction of sp³-hybridized carbons (Fsp3) is 0.444. The lowest BCUT2D eigenvalue weighted by Gasteiger charge is -2.21. The Hall–Kier alpha value is -2.33. The lowest BCUT2D eigenvalue weighted by Crippen LogP contribution is -2.42. The van der Waals surface area contributed by atoms with Crippen LogP contribution in [0.15, 0.2) is 28.6 Å². The number of thioether (sulfide) groups is 1. The van der Waals surface area contributed by atoms with Gasteiger partial charge in [-0.3, -0.25) is 20.4 Å². The summed E-state index contributed by atoms with van der Waals surface area (Å²) in [7, 11) is 0. The Balaban J connectivity index is 1.41. The minimum Gasteiger partial charge on any atom is -0.372 e. The van der Waals surface area contributed by atoms with E-state index >= 15 is 0 Å². The molecule has 150 valence electrons. The van der Waals surface area contributed by atoms with E-state index in [-0.39, 0.29) is 17.6 Å². The third kappa shape index (κ3) is 5.83. The summed E-state index contributed by atoms with van der Waals surface area (Å²) in [6.07, 6.45) is 2.34. The maximum Gasteiger partial charge on any atom is 0.269 e. The molecule has 10 heteroatoms. The quantitative estimate of drug-likeness (QED) is 0.423. The van der Waals surface area contributed by atoms with Crippen molar-refractivity contribution in [2.45, 2.75) is 37.1 Å². The first kappa shape index (κ1) is 20.4. The van der Waals surface area contributed by atoms with Crippen molar-refractivity contribution < 1.29 is 9.59 Å². The molecular weight excluding hydrogens is 396 g/mol. The summed E-state index contributed by atoms with van der Waals surface area (Å²) in [4.78, 5) is 26.3. The van der Waals surface area contributed by atoms with E-state index in [2.05, 4.69) is 45.1 Å². The number of amides is 2. The molecule has 1 aliphatic rings. The summed E-state index contributed by atoms with van der Waals surface area (Å²) in [6, 6.07) is 7.83. The number of hydrogen-bond donors (Lipinski definition) is 3. The van der Waals surface area contributed by atoms with Crippen molar-refractivity contribution in [3.63, 3.8) is 0 Å². The second-order valence-electron chi connectivity index (χ2n) is 6.30. The summed E-state index contributed by atoms with van der Waals surface area (Å²) in [5, 5.41) is 12.2. The Labute approximate surface area is 172 Å².